The topological polar surface area (TPSA) is 41.6 Å². The molecule has 2 heterocycles. The Bertz CT molecular complexity index is 653. The van der Waals surface area contributed by atoms with Gasteiger partial charge in [-0.2, -0.15) is 0 Å². The average molecular weight is 435 g/mol. The summed E-state index contributed by atoms with van der Waals surface area (Å²) in [4.78, 5) is 15.8. The Morgan fingerprint density at radius 3 is 2.44 bits per heavy atom. The van der Waals surface area contributed by atoms with Gasteiger partial charge in [-0.15, -0.1) is 0 Å². The highest BCUT2D eigenvalue weighted by Gasteiger charge is 2.42. The van der Waals surface area contributed by atoms with E-state index in [9.17, 15) is 4.79 Å². The van der Waals surface area contributed by atoms with Crippen LogP contribution >= 0.6 is 15.9 Å². The third-order valence-electron chi connectivity index (χ3n) is 5.86. The summed E-state index contributed by atoms with van der Waals surface area (Å²) in [5.41, 5.74) is 2.01. The molecule has 0 radical (unpaired) electrons. The number of nitrogens with one attached hydrogen (secondary N) is 1. The van der Waals surface area contributed by atoms with Crippen molar-refractivity contribution < 1.29 is 9.53 Å². The van der Waals surface area contributed by atoms with E-state index in [4.69, 9.17) is 4.74 Å². The minimum atomic E-state index is -0.460. The van der Waals surface area contributed by atoms with Crippen LogP contribution in [0.2, 0.25) is 0 Å². The van der Waals surface area contributed by atoms with Gasteiger partial charge in [0.15, 0.2) is 0 Å². The van der Waals surface area contributed by atoms with Crippen molar-refractivity contribution >= 4 is 21.8 Å². The van der Waals surface area contributed by atoms with Crippen LogP contribution in [0, 0.1) is 0 Å². The molecule has 0 atom stereocenters. The first kappa shape index (κ1) is 20.6. The van der Waals surface area contributed by atoms with E-state index in [1.807, 2.05) is 12.1 Å². The Balaban J connectivity index is 1.64. The lowest BCUT2D eigenvalue weighted by Crippen LogP contribution is -2.53. The third kappa shape index (κ3) is 5.21. The maximum atomic E-state index is 13.4. The molecule has 3 rings (SSSR count). The minimum Gasteiger partial charge on any atom is -0.381 e. The molecule has 5 heteroatoms. The number of nitrogens with zero attached hydrogens (tertiary/aromatic N) is 1. The highest BCUT2D eigenvalue weighted by Crippen LogP contribution is 2.36. The van der Waals surface area contributed by atoms with Crippen molar-refractivity contribution in [2.75, 3.05) is 32.8 Å². The molecule has 27 heavy (non-hydrogen) atoms. The molecule has 0 bridgehead atoms. The van der Waals surface area contributed by atoms with Gasteiger partial charge >= 0.3 is 0 Å². The number of benzene rings is 1. The van der Waals surface area contributed by atoms with E-state index in [0.29, 0.717) is 13.2 Å². The molecule has 2 saturated heterocycles. The summed E-state index contributed by atoms with van der Waals surface area (Å²) in [7, 11) is 0. The lowest BCUT2D eigenvalue weighted by atomic mass is 9.73. The molecule has 0 unspecified atom stereocenters. The van der Waals surface area contributed by atoms with Crippen LogP contribution in [0.25, 0.3) is 0 Å². The fourth-order valence-electron chi connectivity index (χ4n) is 4.03. The number of likely N-dealkylation sites (tertiary alicyclic amines) is 1. The number of hydrogen-bond donors (Lipinski definition) is 1. The number of amides is 1. The van der Waals surface area contributed by atoms with Crippen molar-refractivity contribution in [2.45, 2.75) is 51.0 Å². The Morgan fingerprint density at radius 1 is 1.22 bits per heavy atom. The Hall–Kier alpha value is -1.17. The first-order valence-electron chi connectivity index (χ1n) is 10.00. The summed E-state index contributed by atoms with van der Waals surface area (Å²) in [6.45, 7) is 8.68. The van der Waals surface area contributed by atoms with Gasteiger partial charge in [0.05, 0.1) is 5.41 Å². The fourth-order valence-corrected chi connectivity index (χ4v) is 4.30. The lowest BCUT2D eigenvalue weighted by Gasteiger charge is -2.39. The van der Waals surface area contributed by atoms with Crippen LogP contribution in [0.15, 0.2) is 40.4 Å². The molecule has 0 aliphatic carbocycles. The Labute approximate surface area is 171 Å². The number of carbonyl (C=O) groups is 1. The third-order valence-corrected chi connectivity index (χ3v) is 6.39. The van der Waals surface area contributed by atoms with Crippen molar-refractivity contribution in [3.63, 3.8) is 0 Å². The molecule has 0 saturated carbocycles. The number of piperidine rings is 1. The molecule has 1 amide bonds. The Kier molecular flexibility index (Phi) is 7.12. The number of ether oxygens (including phenoxy) is 1. The zero-order valence-electron chi connectivity index (χ0n) is 16.5. The first-order valence-corrected chi connectivity index (χ1v) is 10.8. The average Bonchev–Trinajstić information content (AvgIpc) is 2.68. The zero-order chi connectivity index (χ0) is 19.3. The van der Waals surface area contributed by atoms with Crippen LogP contribution in [0.1, 0.15) is 45.1 Å². The van der Waals surface area contributed by atoms with Gasteiger partial charge in [-0.25, -0.2) is 0 Å². The lowest BCUT2D eigenvalue weighted by molar-refractivity contribution is -0.131. The molecule has 1 aromatic carbocycles. The quantitative estimate of drug-likeness (QED) is 0.710. The van der Waals surface area contributed by atoms with Crippen LogP contribution in [0.3, 0.4) is 0 Å². The van der Waals surface area contributed by atoms with Crippen LogP contribution in [-0.2, 0) is 14.9 Å². The summed E-state index contributed by atoms with van der Waals surface area (Å²) >= 11 is 3.50. The van der Waals surface area contributed by atoms with Gasteiger partial charge in [-0.05, 0) is 57.2 Å². The second kappa shape index (κ2) is 9.35. The predicted octanol–water partition coefficient (Wildman–Crippen LogP) is 4.04. The summed E-state index contributed by atoms with van der Waals surface area (Å²) in [5.74, 6) is 0.177. The van der Waals surface area contributed by atoms with E-state index in [2.05, 4.69) is 58.2 Å². The number of carbonyl (C=O) groups excluding carboxylic acids is 1. The van der Waals surface area contributed by atoms with Gasteiger partial charge in [-0.3, -0.25) is 9.69 Å². The largest absolute Gasteiger partial charge is 0.381 e. The molecule has 1 N–H and O–H groups in total. The van der Waals surface area contributed by atoms with E-state index in [0.717, 1.165) is 55.4 Å². The van der Waals surface area contributed by atoms with Gasteiger partial charge in [0.2, 0.25) is 5.91 Å². The summed E-state index contributed by atoms with van der Waals surface area (Å²) in [5, 5.41) is 3.38. The predicted molar refractivity (Wildman–Crippen MR) is 113 cm³/mol. The van der Waals surface area contributed by atoms with Crippen molar-refractivity contribution in [1.82, 2.24) is 10.2 Å². The number of hydrogen-bond acceptors (Lipinski definition) is 3. The molecule has 2 fully saturated rings. The van der Waals surface area contributed by atoms with Gasteiger partial charge in [0.25, 0.3) is 0 Å². The van der Waals surface area contributed by atoms with Crippen LogP contribution in [0.5, 0.6) is 0 Å². The maximum absolute atomic E-state index is 13.4. The second-order valence-corrected chi connectivity index (χ2v) is 8.95. The van der Waals surface area contributed by atoms with E-state index >= 15 is 0 Å². The van der Waals surface area contributed by atoms with Gasteiger partial charge in [0, 0.05) is 43.4 Å². The summed E-state index contributed by atoms with van der Waals surface area (Å²) in [6, 6.07) is 8.49. The number of allylic oxidation sites excluding steroid dienone is 1. The molecule has 2 aliphatic heterocycles. The van der Waals surface area contributed by atoms with Crippen molar-refractivity contribution in [3.8, 4) is 0 Å². The van der Waals surface area contributed by atoms with Crippen LogP contribution in [0.4, 0.5) is 0 Å². The fraction of sp³-hybridized carbons (Fsp3) is 0.591. The summed E-state index contributed by atoms with van der Waals surface area (Å²) in [6.07, 6.45) is 5.83. The molecule has 0 aromatic heterocycles. The maximum Gasteiger partial charge on any atom is 0.231 e. The standard InChI is InChI=1S/C22H31BrN2O2/c1-17(2)7-12-25-13-8-20(9-14-25)24-21(26)22(10-15-27-16-11-22)18-3-5-19(23)6-4-18/h3-7,20H,8-16H2,1-2H3,(H,24,26). The van der Waals surface area contributed by atoms with E-state index in [1.165, 1.54) is 5.57 Å². The van der Waals surface area contributed by atoms with Crippen LogP contribution < -0.4 is 5.32 Å². The zero-order valence-corrected chi connectivity index (χ0v) is 18.1. The molecule has 1 aromatic rings. The molecular weight excluding hydrogens is 404 g/mol. The minimum absolute atomic E-state index is 0.177. The van der Waals surface area contributed by atoms with Crippen molar-refractivity contribution in [1.29, 1.82) is 0 Å². The molecule has 0 spiro atoms. The molecule has 148 valence electrons. The number of rotatable bonds is 5. The van der Waals surface area contributed by atoms with E-state index in [-0.39, 0.29) is 11.9 Å². The van der Waals surface area contributed by atoms with Crippen LogP contribution in [-0.4, -0.2) is 49.7 Å². The molecular formula is C22H31BrN2O2. The van der Waals surface area contributed by atoms with Gasteiger partial charge in [0.1, 0.15) is 0 Å². The SMILES string of the molecule is CC(C)=CCN1CCC(NC(=O)C2(c3ccc(Br)cc3)CCOCC2)CC1. The van der Waals surface area contributed by atoms with Crippen molar-refractivity contribution in [3.05, 3.63) is 46.0 Å². The van der Waals surface area contributed by atoms with Gasteiger partial charge < -0.3 is 10.1 Å². The van der Waals surface area contributed by atoms with E-state index in [1.54, 1.807) is 0 Å². The highest BCUT2D eigenvalue weighted by molar-refractivity contribution is 9.10. The summed E-state index contributed by atoms with van der Waals surface area (Å²) < 4.78 is 6.61. The normalized spacial score (nSPS) is 20.9. The smallest absolute Gasteiger partial charge is 0.231 e. The first-order chi connectivity index (χ1) is 13.0. The molecule has 2 aliphatic rings. The number of halogens is 1. The Morgan fingerprint density at radius 2 is 1.85 bits per heavy atom. The van der Waals surface area contributed by atoms with Gasteiger partial charge in [-0.1, -0.05) is 39.7 Å². The highest BCUT2D eigenvalue weighted by atomic mass is 79.9. The van der Waals surface area contributed by atoms with E-state index < -0.39 is 5.41 Å². The van der Waals surface area contributed by atoms with Crippen molar-refractivity contribution in [2.24, 2.45) is 0 Å². The monoisotopic (exact) mass is 434 g/mol. The molecule has 4 nitrogen and oxygen atoms in total. The second-order valence-electron chi connectivity index (χ2n) is 8.03.